The van der Waals surface area contributed by atoms with Gasteiger partial charge in [0.15, 0.2) is 0 Å². The van der Waals surface area contributed by atoms with E-state index < -0.39 is 0 Å². The molecule has 1 aromatic carbocycles. The molecule has 0 atom stereocenters. The highest BCUT2D eigenvalue weighted by Gasteiger charge is 2.06. The molecule has 1 aromatic heterocycles. The zero-order chi connectivity index (χ0) is 18.8. The van der Waals surface area contributed by atoms with Gasteiger partial charge in [-0.15, -0.1) is 0 Å². The second-order valence-corrected chi connectivity index (χ2v) is 6.37. The van der Waals surface area contributed by atoms with Gasteiger partial charge in [-0.2, -0.15) is 0 Å². The molecular formula is C20H28N4O2. The van der Waals surface area contributed by atoms with Crippen molar-refractivity contribution < 1.29 is 9.53 Å². The summed E-state index contributed by atoms with van der Waals surface area (Å²) in [5.41, 5.74) is 2.55. The highest BCUT2D eigenvalue weighted by atomic mass is 16.5. The summed E-state index contributed by atoms with van der Waals surface area (Å²) in [5.74, 6) is 0.733. The Morgan fingerprint density at radius 2 is 2.04 bits per heavy atom. The monoisotopic (exact) mass is 356 g/mol. The number of carbonyl (C=O) groups is 1. The summed E-state index contributed by atoms with van der Waals surface area (Å²) in [6, 6.07) is 11.7. The molecule has 1 amide bonds. The molecule has 0 aliphatic heterocycles. The van der Waals surface area contributed by atoms with Crippen molar-refractivity contribution >= 4 is 11.6 Å². The minimum absolute atomic E-state index is 0.133. The van der Waals surface area contributed by atoms with E-state index >= 15 is 0 Å². The summed E-state index contributed by atoms with van der Waals surface area (Å²) in [7, 11) is 5.70. The number of rotatable bonds is 10. The molecule has 6 nitrogen and oxygen atoms in total. The number of nitrogens with zero attached hydrogens (tertiary/aromatic N) is 2. The number of ether oxygens (including phenoxy) is 1. The zero-order valence-corrected chi connectivity index (χ0v) is 15.8. The summed E-state index contributed by atoms with van der Waals surface area (Å²) >= 11 is 0. The molecule has 1 heterocycles. The summed E-state index contributed by atoms with van der Waals surface area (Å²) < 4.78 is 5.23. The maximum Gasteiger partial charge on any atom is 0.269 e. The number of hydrogen-bond acceptors (Lipinski definition) is 5. The number of carbonyl (C=O) groups excluding carboxylic acids is 1. The number of aromatic nitrogens is 1. The predicted molar refractivity (Wildman–Crippen MR) is 105 cm³/mol. The normalized spacial score (nSPS) is 10.6. The summed E-state index contributed by atoms with van der Waals surface area (Å²) in [4.78, 5) is 18.4. The Bertz CT molecular complexity index is 686. The molecule has 0 unspecified atom stereocenters. The lowest BCUT2D eigenvalue weighted by molar-refractivity contribution is 0.0947. The number of pyridine rings is 1. The van der Waals surface area contributed by atoms with E-state index in [4.69, 9.17) is 4.74 Å². The summed E-state index contributed by atoms with van der Waals surface area (Å²) in [5, 5.41) is 6.21. The van der Waals surface area contributed by atoms with Crippen molar-refractivity contribution in [1.82, 2.24) is 15.2 Å². The van der Waals surface area contributed by atoms with Gasteiger partial charge in [0.1, 0.15) is 11.4 Å². The fourth-order valence-electron chi connectivity index (χ4n) is 2.50. The standard InChI is InChI=1S/C20H28N4O2/c1-24(2)13-5-11-22-20(25)19-9-8-17(15-23-19)21-12-10-16-6-4-7-18(14-16)26-3/h4,6-9,14-15,21H,5,10-13H2,1-3H3,(H,22,25). The van der Waals surface area contributed by atoms with Crippen LogP contribution in [0.15, 0.2) is 42.6 Å². The largest absolute Gasteiger partial charge is 0.497 e. The topological polar surface area (TPSA) is 66.5 Å². The van der Waals surface area contributed by atoms with Crippen molar-refractivity contribution in [2.45, 2.75) is 12.8 Å². The number of amides is 1. The number of nitrogens with one attached hydrogen (secondary N) is 2. The van der Waals surface area contributed by atoms with Crippen molar-refractivity contribution in [3.63, 3.8) is 0 Å². The fraction of sp³-hybridized carbons (Fsp3) is 0.400. The van der Waals surface area contributed by atoms with E-state index in [2.05, 4.69) is 26.6 Å². The van der Waals surface area contributed by atoms with E-state index in [1.165, 1.54) is 5.56 Å². The Morgan fingerprint density at radius 3 is 2.73 bits per heavy atom. The molecule has 0 spiro atoms. The van der Waals surface area contributed by atoms with Crippen LogP contribution in [0.25, 0.3) is 0 Å². The number of methoxy groups -OCH3 is 1. The van der Waals surface area contributed by atoms with Crippen LogP contribution >= 0.6 is 0 Å². The van der Waals surface area contributed by atoms with Crippen LogP contribution < -0.4 is 15.4 Å². The molecule has 6 heteroatoms. The lowest BCUT2D eigenvalue weighted by atomic mass is 10.1. The molecule has 0 saturated carbocycles. The average Bonchev–Trinajstić information content (AvgIpc) is 2.65. The lowest BCUT2D eigenvalue weighted by Gasteiger charge is -2.10. The van der Waals surface area contributed by atoms with Gasteiger partial charge in [0.2, 0.25) is 0 Å². The number of anilines is 1. The first-order valence-corrected chi connectivity index (χ1v) is 8.84. The third-order valence-corrected chi connectivity index (χ3v) is 3.94. The van der Waals surface area contributed by atoms with Gasteiger partial charge in [0.25, 0.3) is 5.91 Å². The van der Waals surface area contributed by atoms with Crippen LogP contribution in [0, 0.1) is 0 Å². The molecule has 0 aliphatic rings. The molecule has 0 saturated heterocycles. The fourth-order valence-corrected chi connectivity index (χ4v) is 2.50. The zero-order valence-electron chi connectivity index (χ0n) is 15.8. The van der Waals surface area contributed by atoms with Crippen LogP contribution in [-0.4, -0.2) is 56.6 Å². The van der Waals surface area contributed by atoms with Crippen molar-refractivity contribution in [1.29, 1.82) is 0 Å². The SMILES string of the molecule is COc1cccc(CCNc2ccc(C(=O)NCCCN(C)C)nc2)c1. The molecule has 2 aromatic rings. The quantitative estimate of drug-likeness (QED) is 0.640. The lowest BCUT2D eigenvalue weighted by Crippen LogP contribution is -2.27. The Labute approximate surface area is 155 Å². The Kier molecular flexibility index (Phi) is 7.89. The second kappa shape index (κ2) is 10.4. The number of hydrogen-bond donors (Lipinski definition) is 2. The van der Waals surface area contributed by atoms with Gasteiger partial charge in [-0.05, 0) is 63.3 Å². The van der Waals surface area contributed by atoms with E-state index in [0.717, 1.165) is 37.4 Å². The Hall–Kier alpha value is -2.60. The highest BCUT2D eigenvalue weighted by Crippen LogP contribution is 2.13. The van der Waals surface area contributed by atoms with E-state index in [9.17, 15) is 4.79 Å². The van der Waals surface area contributed by atoms with E-state index in [1.54, 1.807) is 19.4 Å². The van der Waals surface area contributed by atoms with Gasteiger partial charge in [0, 0.05) is 13.1 Å². The van der Waals surface area contributed by atoms with Crippen molar-refractivity contribution in [3.05, 3.63) is 53.9 Å². The minimum Gasteiger partial charge on any atom is -0.497 e. The Balaban J connectivity index is 1.75. The molecule has 140 valence electrons. The van der Waals surface area contributed by atoms with Crippen LogP contribution in [0.3, 0.4) is 0 Å². The Morgan fingerprint density at radius 1 is 1.19 bits per heavy atom. The molecule has 2 rings (SSSR count). The van der Waals surface area contributed by atoms with Crippen LogP contribution in [0.1, 0.15) is 22.5 Å². The molecule has 0 fully saturated rings. The first kappa shape index (κ1) is 19.7. The van der Waals surface area contributed by atoms with Crippen molar-refractivity contribution in [2.24, 2.45) is 0 Å². The van der Waals surface area contributed by atoms with Crippen molar-refractivity contribution in [2.75, 3.05) is 46.2 Å². The van der Waals surface area contributed by atoms with Gasteiger partial charge in [-0.1, -0.05) is 12.1 Å². The minimum atomic E-state index is -0.133. The smallest absolute Gasteiger partial charge is 0.269 e. The summed E-state index contributed by atoms with van der Waals surface area (Å²) in [6.45, 7) is 2.38. The first-order chi connectivity index (χ1) is 12.6. The van der Waals surface area contributed by atoms with E-state index in [0.29, 0.717) is 12.2 Å². The van der Waals surface area contributed by atoms with Gasteiger partial charge in [0.05, 0.1) is 19.0 Å². The van der Waals surface area contributed by atoms with Crippen LogP contribution in [0.4, 0.5) is 5.69 Å². The van der Waals surface area contributed by atoms with Crippen LogP contribution in [0.5, 0.6) is 5.75 Å². The highest BCUT2D eigenvalue weighted by molar-refractivity contribution is 5.92. The average molecular weight is 356 g/mol. The summed E-state index contributed by atoms with van der Waals surface area (Å²) in [6.07, 6.45) is 3.49. The molecule has 0 bridgehead atoms. The predicted octanol–water partition coefficient (Wildman–Crippen LogP) is 2.43. The van der Waals surface area contributed by atoms with Gasteiger partial charge >= 0.3 is 0 Å². The van der Waals surface area contributed by atoms with E-state index in [-0.39, 0.29) is 5.91 Å². The molecule has 2 N–H and O–H groups in total. The van der Waals surface area contributed by atoms with Crippen molar-refractivity contribution in [3.8, 4) is 5.75 Å². The third-order valence-electron chi connectivity index (χ3n) is 3.94. The van der Waals surface area contributed by atoms with E-state index in [1.807, 2.05) is 38.4 Å². The van der Waals surface area contributed by atoms with Crippen LogP contribution in [0.2, 0.25) is 0 Å². The van der Waals surface area contributed by atoms with Gasteiger partial charge < -0.3 is 20.3 Å². The first-order valence-electron chi connectivity index (χ1n) is 8.84. The third kappa shape index (κ3) is 6.72. The molecule has 0 radical (unpaired) electrons. The number of benzene rings is 1. The van der Waals surface area contributed by atoms with Gasteiger partial charge in [-0.3, -0.25) is 4.79 Å². The van der Waals surface area contributed by atoms with Crippen LogP contribution in [-0.2, 0) is 6.42 Å². The molecule has 0 aliphatic carbocycles. The second-order valence-electron chi connectivity index (χ2n) is 6.37. The maximum absolute atomic E-state index is 12.0. The van der Waals surface area contributed by atoms with Gasteiger partial charge in [-0.25, -0.2) is 4.98 Å². The maximum atomic E-state index is 12.0. The molecule has 26 heavy (non-hydrogen) atoms. The molecular weight excluding hydrogens is 328 g/mol.